The Morgan fingerprint density at radius 2 is 1.76 bits per heavy atom. The molecule has 2 amide bonds. The summed E-state index contributed by atoms with van der Waals surface area (Å²) in [6.07, 6.45) is 0.426. The minimum atomic E-state index is -0.955. The second-order valence-corrected chi connectivity index (χ2v) is 3.56. The Balaban J connectivity index is 4.16. The van der Waals surface area contributed by atoms with E-state index in [-0.39, 0.29) is 32.8 Å². The molecule has 4 N–H and O–H groups in total. The zero-order valence-electron chi connectivity index (χ0n) is 9.93. The van der Waals surface area contributed by atoms with E-state index in [0.717, 1.165) is 0 Å². The van der Waals surface area contributed by atoms with Crippen LogP contribution in [0, 0.1) is 5.92 Å². The van der Waals surface area contributed by atoms with Crippen molar-refractivity contribution in [3.05, 3.63) is 0 Å². The summed E-state index contributed by atoms with van der Waals surface area (Å²) in [4.78, 5) is 23.5. The Hall–Kier alpha value is -1.34. The lowest BCUT2D eigenvalue weighted by atomic mass is 10.1. The summed E-state index contributed by atoms with van der Waals surface area (Å²) < 4.78 is 0. The summed E-state index contributed by atoms with van der Waals surface area (Å²) in [5.74, 6) is -1.58. The van der Waals surface area contributed by atoms with Crippen LogP contribution in [0.1, 0.15) is 13.3 Å². The molecule has 0 heterocycles. The molecule has 0 saturated carbocycles. The monoisotopic (exact) mass is 248 g/mol. The van der Waals surface area contributed by atoms with E-state index in [1.165, 1.54) is 4.90 Å². The van der Waals surface area contributed by atoms with Crippen LogP contribution >= 0.6 is 0 Å². The highest BCUT2D eigenvalue weighted by Crippen LogP contribution is 2.01. The number of hydrogen-bond donors (Lipinski definition) is 4. The molecule has 0 aliphatic rings. The molecule has 0 aromatic carbocycles. The summed E-state index contributed by atoms with van der Waals surface area (Å²) in [5, 5.41) is 28.7. The number of aliphatic hydroxyl groups excluding tert-OH is 2. The maximum atomic E-state index is 11.6. The number of nitrogens with one attached hydrogen (secondary N) is 1. The van der Waals surface area contributed by atoms with Gasteiger partial charge < -0.3 is 25.5 Å². The van der Waals surface area contributed by atoms with Gasteiger partial charge in [0.15, 0.2) is 0 Å². The van der Waals surface area contributed by atoms with Crippen LogP contribution in [0.2, 0.25) is 0 Å². The van der Waals surface area contributed by atoms with E-state index in [1.54, 1.807) is 6.92 Å². The molecule has 0 bridgehead atoms. The Labute approximate surface area is 100 Å². The van der Waals surface area contributed by atoms with Gasteiger partial charge in [-0.2, -0.15) is 0 Å². The maximum absolute atomic E-state index is 11.6. The van der Waals surface area contributed by atoms with Gasteiger partial charge in [-0.1, -0.05) is 6.92 Å². The lowest BCUT2D eigenvalue weighted by Gasteiger charge is -2.22. The molecule has 17 heavy (non-hydrogen) atoms. The number of carboxylic acid groups (broad SMARTS) is 1. The summed E-state index contributed by atoms with van der Waals surface area (Å²) >= 11 is 0. The normalized spacial score (nSPS) is 11.9. The van der Waals surface area contributed by atoms with Gasteiger partial charge in [0.2, 0.25) is 0 Å². The van der Waals surface area contributed by atoms with Crippen LogP contribution in [0.25, 0.3) is 0 Å². The van der Waals surface area contributed by atoms with E-state index in [9.17, 15) is 9.59 Å². The zero-order valence-corrected chi connectivity index (χ0v) is 9.93. The first kappa shape index (κ1) is 15.7. The van der Waals surface area contributed by atoms with Crippen molar-refractivity contribution in [2.24, 2.45) is 5.92 Å². The maximum Gasteiger partial charge on any atom is 0.317 e. The number of nitrogens with zero attached hydrogens (tertiary/aromatic N) is 1. The second kappa shape index (κ2) is 8.77. The van der Waals surface area contributed by atoms with Gasteiger partial charge in [0.05, 0.1) is 19.1 Å². The van der Waals surface area contributed by atoms with Gasteiger partial charge >= 0.3 is 12.0 Å². The van der Waals surface area contributed by atoms with Crippen LogP contribution in [-0.4, -0.2) is 65.1 Å². The van der Waals surface area contributed by atoms with Crippen molar-refractivity contribution < 1.29 is 24.9 Å². The fourth-order valence-corrected chi connectivity index (χ4v) is 1.28. The molecule has 0 rings (SSSR count). The van der Waals surface area contributed by atoms with Gasteiger partial charge in [-0.05, 0) is 6.42 Å². The van der Waals surface area contributed by atoms with E-state index in [4.69, 9.17) is 15.3 Å². The zero-order chi connectivity index (χ0) is 13.3. The van der Waals surface area contributed by atoms with E-state index < -0.39 is 17.9 Å². The Morgan fingerprint density at radius 3 is 2.12 bits per heavy atom. The van der Waals surface area contributed by atoms with Gasteiger partial charge in [0.1, 0.15) is 0 Å². The van der Waals surface area contributed by atoms with E-state index in [2.05, 4.69) is 5.32 Å². The molecule has 0 saturated heterocycles. The highest BCUT2D eigenvalue weighted by atomic mass is 16.4. The molecular formula is C10H20N2O5. The molecule has 0 spiro atoms. The largest absolute Gasteiger partial charge is 0.481 e. The highest BCUT2D eigenvalue weighted by Gasteiger charge is 2.18. The standard InChI is InChI=1S/C10H20N2O5/c1-2-8(9(15)16)7-11-10(17)12(3-5-13)4-6-14/h8,13-14H,2-7H2,1H3,(H,11,17)(H,15,16). The number of aliphatic carboxylic acids is 1. The van der Waals surface area contributed by atoms with Gasteiger partial charge in [-0.3, -0.25) is 4.79 Å². The number of rotatable bonds is 8. The van der Waals surface area contributed by atoms with Gasteiger partial charge in [-0.15, -0.1) is 0 Å². The van der Waals surface area contributed by atoms with Crippen LogP contribution < -0.4 is 5.32 Å². The predicted octanol–water partition coefficient (Wildman–Crippen LogP) is -0.907. The lowest BCUT2D eigenvalue weighted by molar-refractivity contribution is -0.141. The number of aliphatic hydroxyl groups is 2. The number of carbonyl (C=O) groups is 2. The molecular weight excluding hydrogens is 228 g/mol. The topological polar surface area (TPSA) is 110 Å². The minimum absolute atomic E-state index is 0.0397. The van der Waals surface area contributed by atoms with Crippen LogP contribution in [0.5, 0.6) is 0 Å². The first-order valence-corrected chi connectivity index (χ1v) is 5.54. The van der Waals surface area contributed by atoms with Crippen molar-refractivity contribution in [3.8, 4) is 0 Å². The summed E-state index contributed by atoms with van der Waals surface area (Å²) in [6.45, 7) is 1.57. The Kier molecular flexibility index (Phi) is 8.08. The summed E-state index contributed by atoms with van der Waals surface area (Å²) in [7, 11) is 0. The molecule has 0 fully saturated rings. The van der Waals surface area contributed by atoms with Crippen LogP contribution in [0.15, 0.2) is 0 Å². The third-order valence-corrected chi connectivity index (χ3v) is 2.37. The molecule has 0 radical (unpaired) electrons. The van der Waals surface area contributed by atoms with E-state index in [0.29, 0.717) is 6.42 Å². The molecule has 0 aliphatic carbocycles. The lowest BCUT2D eigenvalue weighted by Crippen LogP contribution is -2.45. The molecule has 1 unspecified atom stereocenters. The fraction of sp³-hybridized carbons (Fsp3) is 0.800. The van der Waals surface area contributed by atoms with Crippen molar-refractivity contribution in [1.82, 2.24) is 10.2 Å². The van der Waals surface area contributed by atoms with Gasteiger partial charge in [0, 0.05) is 19.6 Å². The number of amides is 2. The molecule has 0 aromatic heterocycles. The van der Waals surface area contributed by atoms with E-state index >= 15 is 0 Å². The SMILES string of the molecule is CCC(CNC(=O)N(CCO)CCO)C(=O)O. The fourth-order valence-electron chi connectivity index (χ4n) is 1.28. The number of carbonyl (C=O) groups excluding carboxylic acids is 1. The Bertz CT molecular complexity index is 241. The van der Waals surface area contributed by atoms with Crippen molar-refractivity contribution in [3.63, 3.8) is 0 Å². The molecule has 0 aliphatic heterocycles. The summed E-state index contributed by atoms with van der Waals surface area (Å²) in [6, 6.07) is -0.479. The average molecular weight is 248 g/mol. The molecule has 7 heteroatoms. The minimum Gasteiger partial charge on any atom is -0.481 e. The first-order valence-electron chi connectivity index (χ1n) is 5.54. The van der Waals surface area contributed by atoms with E-state index in [1.807, 2.05) is 0 Å². The third kappa shape index (κ3) is 6.08. The first-order chi connectivity index (χ1) is 8.06. The molecule has 1 atom stereocenters. The van der Waals surface area contributed by atoms with Crippen LogP contribution in [-0.2, 0) is 4.79 Å². The number of urea groups is 1. The number of carboxylic acids is 1. The number of hydrogen-bond acceptors (Lipinski definition) is 4. The highest BCUT2D eigenvalue weighted by molar-refractivity contribution is 5.76. The van der Waals surface area contributed by atoms with Gasteiger partial charge in [0.25, 0.3) is 0 Å². The van der Waals surface area contributed by atoms with Crippen molar-refractivity contribution in [1.29, 1.82) is 0 Å². The average Bonchev–Trinajstić information content (AvgIpc) is 2.28. The van der Waals surface area contributed by atoms with Gasteiger partial charge in [-0.25, -0.2) is 4.79 Å². The summed E-state index contributed by atoms with van der Waals surface area (Å²) in [5.41, 5.74) is 0. The molecule has 100 valence electrons. The van der Waals surface area contributed by atoms with Crippen molar-refractivity contribution in [2.75, 3.05) is 32.8 Å². The third-order valence-electron chi connectivity index (χ3n) is 2.37. The molecule has 7 nitrogen and oxygen atoms in total. The quantitative estimate of drug-likeness (QED) is 0.444. The predicted molar refractivity (Wildman–Crippen MR) is 60.6 cm³/mol. The second-order valence-electron chi connectivity index (χ2n) is 3.56. The van der Waals surface area contributed by atoms with Crippen molar-refractivity contribution in [2.45, 2.75) is 13.3 Å². The molecule has 0 aromatic rings. The smallest absolute Gasteiger partial charge is 0.317 e. The van der Waals surface area contributed by atoms with Crippen LogP contribution in [0.3, 0.4) is 0 Å². The van der Waals surface area contributed by atoms with Crippen molar-refractivity contribution >= 4 is 12.0 Å². The Morgan fingerprint density at radius 1 is 1.24 bits per heavy atom. The van der Waals surface area contributed by atoms with Crippen LogP contribution in [0.4, 0.5) is 4.79 Å².